The van der Waals surface area contributed by atoms with E-state index in [-0.39, 0.29) is 16.7 Å². The molecule has 7 nitrogen and oxygen atoms in total. The van der Waals surface area contributed by atoms with Gasteiger partial charge in [-0.25, -0.2) is 8.42 Å². The summed E-state index contributed by atoms with van der Waals surface area (Å²) < 4.78 is 37.9. The van der Waals surface area contributed by atoms with E-state index in [2.05, 4.69) is 0 Å². The average Bonchev–Trinajstić information content (AvgIpc) is 2.60. The summed E-state index contributed by atoms with van der Waals surface area (Å²) in [4.78, 5) is 13.9. The zero-order valence-corrected chi connectivity index (χ0v) is 14.7. The molecule has 0 radical (unpaired) electrons. The third-order valence-electron chi connectivity index (χ3n) is 4.20. The highest BCUT2D eigenvalue weighted by Crippen LogP contribution is 2.33. The molecule has 1 aromatic rings. The topological polar surface area (TPSA) is 76.2 Å². The third kappa shape index (κ3) is 3.21. The van der Waals surface area contributed by atoms with Gasteiger partial charge in [-0.05, 0) is 12.1 Å². The molecule has 0 atom stereocenters. The van der Waals surface area contributed by atoms with Gasteiger partial charge in [-0.2, -0.15) is 4.31 Å². The number of nitrogens with zero attached hydrogens (tertiary/aromatic N) is 2. The first kappa shape index (κ1) is 17.0. The molecule has 1 fully saturated rings. The molecule has 8 heteroatoms. The largest absolute Gasteiger partial charge is 0.486 e. The second-order valence-electron chi connectivity index (χ2n) is 6.19. The Labute approximate surface area is 142 Å². The van der Waals surface area contributed by atoms with Gasteiger partial charge in [0.2, 0.25) is 15.9 Å². The lowest BCUT2D eigenvalue weighted by molar-refractivity contribution is -0.135. The molecule has 0 unspecified atom stereocenters. The van der Waals surface area contributed by atoms with Gasteiger partial charge in [-0.3, -0.25) is 4.79 Å². The van der Waals surface area contributed by atoms with Crippen molar-refractivity contribution in [1.29, 1.82) is 0 Å². The van der Waals surface area contributed by atoms with Crippen LogP contribution < -0.4 is 9.47 Å². The van der Waals surface area contributed by atoms with Crippen LogP contribution in [0, 0.1) is 5.92 Å². The molecule has 0 aliphatic carbocycles. The maximum absolute atomic E-state index is 12.8. The van der Waals surface area contributed by atoms with E-state index in [9.17, 15) is 13.2 Å². The summed E-state index contributed by atoms with van der Waals surface area (Å²) in [6.07, 6.45) is 0. The first-order valence-corrected chi connectivity index (χ1v) is 9.52. The van der Waals surface area contributed by atoms with Crippen molar-refractivity contribution in [2.24, 2.45) is 5.92 Å². The Hall–Kier alpha value is -1.80. The van der Waals surface area contributed by atoms with Gasteiger partial charge in [-0.15, -0.1) is 0 Å². The fraction of sp³-hybridized carbons (Fsp3) is 0.562. The SMILES string of the molecule is CC(C)C(=O)N1CCN(S(=O)(=O)c2ccc3c(c2)OCCO3)CC1. The molecular formula is C16H22N2O5S. The minimum Gasteiger partial charge on any atom is -0.486 e. The van der Waals surface area contributed by atoms with Crippen LogP contribution in [0.2, 0.25) is 0 Å². The molecule has 2 heterocycles. The van der Waals surface area contributed by atoms with Crippen LogP contribution in [0.25, 0.3) is 0 Å². The number of hydrogen-bond acceptors (Lipinski definition) is 5. The van der Waals surface area contributed by atoms with Gasteiger partial charge in [0.05, 0.1) is 4.90 Å². The molecule has 0 N–H and O–H groups in total. The summed E-state index contributed by atoms with van der Waals surface area (Å²) in [5.41, 5.74) is 0. The van der Waals surface area contributed by atoms with Crippen LogP contribution in [0.4, 0.5) is 0 Å². The number of fused-ring (bicyclic) bond motifs is 1. The van der Waals surface area contributed by atoms with Crippen LogP contribution in [-0.2, 0) is 14.8 Å². The highest BCUT2D eigenvalue weighted by Gasteiger charge is 2.31. The number of carbonyl (C=O) groups is 1. The number of benzene rings is 1. The van der Waals surface area contributed by atoms with Gasteiger partial charge in [0.25, 0.3) is 0 Å². The molecule has 2 aliphatic rings. The number of sulfonamides is 1. The van der Waals surface area contributed by atoms with Crippen molar-refractivity contribution in [3.8, 4) is 11.5 Å². The maximum Gasteiger partial charge on any atom is 0.243 e. The molecule has 132 valence electrons. The lowest BCUT2D eigenvalue weighted by Crippen LogP contribution is -2.51. The van der Waals surface area contributed by atoms with E-state index in [4.69, 9.17) is 9.47 Å². The van der Waals surface area contributed by atoms with Crippen molar-refractivity contribution in [1.82, 2.24) is 9.21 Å². The fourth-order valence-corrected chi connectivity index (χ4v) is 4.29. The molecule has 0 saturated carbocycles. The van der Waals surface area contributed by atoms with E-state index in [1.54, 1.807) is 11.0 Å². The molecule has 3 rings (SSSR count). The highest BCUT2D eigenvalue weighted by atomic mass is 32.2. The van der Waals surface area contributed by atoms with Crippen molar-refractivity contribution in [3.05, 3.63) is 18.2 Å². The van der Waals surface area contributed by atoms with E-state index >= 15 is 0 Å². The van der Waals surface area contributed by atoms with E-state index < -0.39 is 10.0 Å². The number of rotatable bonds is 3. The van der Waals surface area contributed by atoms with Gasteiger partial charge in [0.1, 0.15) is 13.2 Å². The smallest absolute Gasteiger partial charge is 0.243 e. The Balaban J connectivity index is 1.74. The van der Waals surface area contributed by atoms with E-state index in [1.165, 1.54) is 16.4 Å². The number of piperazine rings is 1. The van der Waals surface area contributed by atoms with Crippen molar-refractivity contribution >= 4 is 15.9 Å². The third-order valence-corrected chi connectivity index (χ3v) is 6.09. The zero-order valence-electron chi connectivity index (χ0n) is 13.9. The first-order valence-electron chi connectivity index (χ1n) is 8.08. The fourth-order valence-electron chi connectivity index (χ4n) is 2.85. The molecule has 1 saturated heterocycles. The van der Waals surface area contributed by atoms with Crippen molar-refractivity contribution in [3.63, 3.8) is 0 Å². The van der Waals surface area contributed by atoms with Gasteiger partial charge >= 0.3 is 0 Å². The number of carbonyl (C=O) groups excluding carboxylic acids is 1. The average molecular weight is 354 g/mol. The monoisotopic (exact) mass is 354 g/mol. The summed E-state index contributed by atoms with van der Waals surface area (Å²) in [6.45, 7) is 6.00. The first-order chi connectivity index (χ1) is 11.4. The van der Waals surface area contributed by atoms with Crippen molar-refractivity contribution in [2.45, 2.75) is 18.7 Å². The van der Waals surface area contributed by atoms with E-state index in [1.807, 2.05) is 13.8 Å². The van der Waals surface area contributed by atoms with Crippen molar-refractivity contribution in [2.75, 3.05) is 39.4 Å². The number of hydrogen-bond donors (Lipinski definition) is 0. The Morgan fingerprint density at radius 1 is 1.04 bits per heavy atom. The Morgan fingerprint density at radius 3 is 2.29 bits per heavy atom. The Morgan fingerprint density at radius 2 is 1.67 bits per heavy atom. The highest BCUT2D eigenvalue weighted by molar-refractivity contribution is 7.89. The lowest BCUT2D eigenvalue weighted by atomic mass is 10.2. The lowest BCUT2D eigenvalue weighted by Gasteiger charge is -2.35. The van der Waals surface area contributed by atoms with Gasteiger partial charge in [0.15, 0.2) is 11.5 Å². The summed E-state index contributed by atoms with van der Waals surface area (Å²) in [5, 5.41) is 0. The summed E-state index contributed by atoms with van der Waals surface area (Å²) in [5.74, 6) is 1.00. The van der Waals surface area contributed by atoms with Crippen LogP contribution in [0.1, 0.15) is 13.8 Å². The molecule has 1 aromatic carbocycles. The molecule has 1 amide bonds. The summed E-state index contributed by atoms with van der Waals surface area (Å²) >= 11 is 0. The summed E-state index contributed by atoms with van der Waals surface area (Å²) in [7, 11) is -3.61. The van der Waals surface area contributed by atoms with E-state index in [0.717, 1.165) is 0 Å². The molecule has 24 heavy (non-hydrogen) atoms. The van der Waals surface area contributed by atoms with Crippen LogP contribution in [0.5, 0.6) is 11.5 Å². The zero-order chi connectivity index (χ0) is 17.3. The molecule has 0 spiro atoms. The minimum atomic E-state index is -3.61. The molecule has 2 aliphatic heterocycles. The van der Waals surface area contributed by atoms with Crippen LogP contribution >= 0.6 is 0 Å². The quantitative estimate of drug-likeness (QED) is 0.808. The molecular weight excluding hydrogens is 332 g/mol. The maximum atomic E-state index is 12.8. The Kier molecular flexibility index (Phi) is 4.69. The Bertz CT molecular complexity index is 724. The minimum absolute atomic E-state index is 0.0615. The predicted molar refractivity (Wildman–Crippen MR) is 87.6 cm³/mol. The van der Waals surface area contributed by atoms with Crippen molar-refractivity contribution < 1.29 is 22.7 Å². The molecule has 0 bridgehead atoms. The van der Waals surface area contributed by atoms with Crippen LogP contribution in [-0.4, -0.2) is 62.9 Å². The summed E-state index contributed by atoms with van der Waals surface area (Å²) in [6, 6.07) is 4.67. The normalized spacial score (nSPS) is 18.7. The van der Waals surface area contributed by atoms with Gasteiger partial charge in [-0.1, -0.05) is 13.8 Å². The number of ether oxygens (including phenoxy) is 2. The van der Waals surface area contributed by atoms with Crippen LogP contribution in [0.15, 0.2) is 23.1 Å². The van der Waals surface area contributed by atoms with E-state index in [0.29, 0.717) is 50.9 Å². The predicted octanol–water partition coefficient (Wildman–Crippen LogP) is 0.947. The second kappa shape index (κ2) is 6.60. The number of amides is 1. The second-order valence-corrected chi connectivity index (χ2v) is 8.13. The van der Waals surface area contributed by atoms with Gasteiger partial charge < -0.3 is 14.4 Å². The van der Waals surface area contributed by atoms with Crippen LogP contribution in [0.3, 0.4) is 0 Å². The molecule has 0 aromatic heterocycles. The van der Waals surface area contributed by atoms with Gasteiger partial charge in [0, 0.05) is 38.2 Å². The standard InChI is InChI=1S/C16H22N2O5S/c1-12(2)16(19)17-5-7-18(8-6-17)24(20,21)13-3-4-14-15(11-13)23-10-9-22-14/h3-4,11-12H,5-10H2,1-2H3.